The fourth-order valence-corrected chi connectivity index (χ4v) is 5.79. The second-order valence-electron chi connectivity index (χ2n) is 10.6. The van der Waals surface area contributed by atoms with Gasteiger partial charge in [0, 0.05) is 48.1 Å². The molecule has 3 fully saturated rings. The Balaban J connectivity index is 1.10. The van der Waals surface area contributed by atoms with Crippen LogP contribution in [0.4, 0.5) is 10.2 Å². The third-order valence-electron chi connectivity index (χ3n) is 7.99. The molecule has 1 saturated heterocycles. The van der Waals surface area contributed by atoms with E-state index < -0.39 is 17.6 Å². The molecule has 1 N–H and O–H groups in total. The molecule has 2 aromatic heterocycles. The Labute approximate surface area is 223 Å². The van der Waals surface area contributed by atoms with Crippen LogP contribution in [0.1, 0.15) is 65.0 Å². The molecule has 0 bridgehead atoms. The average Bonchev–Trinajstić information content (AvgIpc) is 3.33. The first-order chi connectivity index (χ1) is 18.2. The van der Waals surface area contributed by atoms with Gasteiger partial charge in [0.2, 0.25) is 5.91 Å². The van der Waals surface area contributed by atoms with E-state index in [2.05, 4.69) is 20.6 Å². The number of fused-ring (bicyclic) bond motifs is 1. The van der Waals surface area contributed by atoms with Crippen molar-refractivity contribution >= 4 is 29.2 Å². The Morgan fingerprint density at radius 3 is 2.82 bits per heavy atom. The SMILES string of the molecule is Cc1cc(N2C[C@H]3C[C@H]3C2=O)ncc1C(C)n1cc(C(=O)N[C@H]2C[C@@](F)(c3cc(Cl)ccc3C#N)C2)nn1. The smallest absolute Gasteiger partial charge is 0.273 e. The first-order valence-electron chi connectivity index (χ1n) is 12.6. The van der Waals surface area contributed by atoms with Crippen LogP contribution < -0.4 is 10.2 Å². The highest BCUT2D eigenvalue weighted by molar-refractivity contribution is 6.30. The second-order valence-corrected chi connectivity index (χ2v) is 11.0. The van der Waals surface area contributed by atoms with Gasteiger partial charge < -0.3 is 5.32 Å². The highest BCUT2D eigenvalue weighted by Crippen LogP contribution is 2.48. The zero-order valence-electron chi connectivity index (χ0n) is 20.9. The number of carbonyl (C=O) groups excluding carboxylic acids is 2. The number of nitrogens with zero attached hydrogens (tertiary/aromatic N) is 6. The van der Waals surface area contributed by atoms with Gasteiger partial charge in [-0.1, -0.05) is 16.8 Å². The number of carbonyl (C=O) groups is 2. The lowest BCUT2D eigenvalue weighted by Gasteiger charge is -2.42. The van der Waals surface area contributed by atoms with E-state index >= 15 is 4.39 Å². The normalized spacial score (nSPS) is 26.3. The summed E-state index contributed by atoms with van der Waals surface area (Å²) in [6.07, 6.45) is 4.36. The van der Waals surface area contributed by atoms with Gasteiger partial charge in [-0.25, -0.2) is 14.1 Å². The minimum Gasteiger partial charge on any atom is -0.348 e. The van der Waals surface area contributed by atoms with Gasteiger partial charge in [-0.05, 0) is 61.6 Å². The van der Waals surface area contributed by atoms with Crippen LogP contribution in [0.2, 0.25) is 5.02 Å². The van der Waals surface area contributed by atoms with E-state index in [0.29, 0.717) is 16.8 Å². The molecule has 3 aliphatic rings. The summed E-state index contributed by atoms with van der Waals surface area (Å²) < 4.78 is 17.0. The minimum atomic E-state index is -1.73. The maximum Gasteiger partial charge on any atom is 0.273 e. The summed E-state index contributed by atoms with van der Waals surface area (Å²) in [4.78, 5) is 31.5. The molecule has 3 atom stereocenters. The molecular formula is C27H25ClFN7O2. The Bertz CT molecular complexity index is 1510. The average molecular weight is 534 g/mol. The van der Waals surface area contributed by atoms with Crippen LogP contribution in [0.5, 0.6) is 0 Å². The predicted molar refractivity (Wildman–Crippen MR) is 136 cm³/mol. The van der Waals surface area contributed by atoms with E-state index in [1.807, 2.05) is 26.0 Å². The molecule has 0 spiro atoms. The van der Waals surface area contributed by atoms with Crippen LogP contribution in [-0.4, -0.2) is 44.4 Å². The van der Waals surface area contributed by atoms with Crippen LogP contribution in [0, 0.1) is 30.1 Å². The minimum absolute atomic E-state index is 0.0382. The quantitative estimate of drug-likeness (QED) is 0.514. The van der Waals surface area contributed by atoms with Crippen molar-refractivity contribution in [3.8, 4) is 6.07 Å². The van der Waals surface area contributed by atoms with Gasteiger partial charge in [-0.15, -0.1) is 5.10 Å². The fourth-order valence-electron chi connectivity index (χ4n) is 5.62. The summed E-state index contributed by atoms with van der Waals surface area (Å²) in [5.74, 6) is 1.01. The number of anilines is 1. The van der Waals surface area contributed by atoms with Crippen molar-refractivity contribution in [1.82, 2.24) is 25.3 Å². The third kappa shape index (κ3) is 4.11. The molecule has 38 heavy (non-hydrogen) atoms. The van der Waals surface area contributed by atoms with Gasteiger partial charge >= 0.3 is 0 Å². The molecule has 1 aromatic carbocycles. The van der Waals surface area contributed by atoms with Gasteiger partial charge in [-0.2, -0.15) is 5.26 Å². The number of alkyl halides is 1. The maximum absolute atomic E-state index is 15.5. The van der Waals surface area contributed by atoms with Gasteiger partial charge in [-0.3, -0.25) is 14.5 Å². The summed E-state index contributed by atoms with van der Waals surface area (Å²) in [5, 5.41) is 20.6. The van der Waals surface area contributed by atoms with E-state index in [9.17, 15) is 14.9 Å². The number of aromatic nitrogens is 4. The number of rotatable bonds is 6. The second kappa shape index (κ2) is 8.88. The van der Waals surface area contributed by atoms with Crippen molar-refractivity contribution in [2.24, 2.45) is 11.8 Å². The number of nitriles is 1. The van der Waals surface area contributed by atoms with Crippen LogP contribution >= 0.6 is 11.6 Å². The molecule has 0 radical (unpaired) electrons. The summed E-state index contributed by atoms with van der Waals surface area (Å²) in [6.45, 7) is 4.62. The number of amides is 2. The summed E-state index contributed by atoms with van der Waals surface area (Å²) in [6, 6.07) is 7.79. The zero-order valence-corrected chi connectivity index (χ0v) is 21.6. The molecule has 11 heteroatoms. The molecule has 194 valence electrons. The molecule has 1 aliphatic heterocycles. The fraction of sp³-hybridized carbons (Fsp3) is 0.407. The van der Waals surface area contributed by atoms with Crippen molar-refractivity contribution in [3.63, 3.8) is 0 Å². The Hall–Kier alpha value is -3.84. The van der Waals surface area contributed by atoms with E-state index in [4.69, 9.17) is 11.6 Å². The van der Waals surface area contributed by atoms with Crippen molar-refractivity contribution in [1.29, 1.82) is 5.26 Å². The standard InChI is InChI=1S/C27H25ClFN7O2/c1-14-5-24(35-12-17-6-20(17)26(35)38)31-11-21(14)15(2)36-13-23(33-34-36)25(37)32-19-8-27(29,9-19)22-7-18(28)4-3-16(22)10-30/h3-5,7,11,13,15,17,19-20H,6,8-9,12H2,1-2H3,(H,32,37)/t15?,17-,19-,20-,27-/m1/s1. The van der Waals surface area contributed by atoms with Gasteiger partial charge in [0.05, 0.1) is 23.9 Å². The van der Waals surface area contributed by atoms with Crippen LogP contribution in [-0.2, 0) is 10.5 Å². The van der Waals surface area contributed by atoms with E-state index in [-0.39, 0.29) is 47.5 Å². The monoisotopic (exact) mass is 533 g/mol. The zero-order chi connectivity index (χ0) is 26.8. The highest BCUT2D eigenvalue weighted by Gasteiger charge is 2.53. The first kappa shape index (κ1) is 24.5. The molecule has 9 nitrogen and oxygen atoms in total. The number of halogens is 2. The van der Waals surface area contributed by atoms with Gasteiger partial charge in [0.15, 0.2) is 5.69 Å². The van der Waals surface area contributed by atoms with E-state index in [0.717, 1.165) is 24.1 Å². The number of pyridine rings is 1. The molecule has 2 aliphatic carbocycles. The lowest BCUT2D eigenvalue weighted by molar-refractivity contribution is -0.118. The number of hydrogen-bond acceptors (Lipinski definition) is 6. The molecule has 2 amide bonds. The first-order valence-corrected chi connectivity index (χ1v) is 12.9. The van der Waals surface area contributed by atoms with Crippen molar-refractivity contribution in [2.45, 2.75) is 50.9 Å². The number of nitrogens with one attached hydrogen (secondary N) is 1. The molecule has 2 saturated carbocycles. The third-order valence-corrected chi connectivity index (χ3v) is 8.22. The predicted octanol–water partition coefficient (Wildman–Crippen LogP) is 3.86. The van der Waals surface area contributed by atoms with Crippen molar-refractivity contribution < 1.29 is 14.0 Å². The largest absolute Gasteiger partial charge is 0.348 e. The number of piperidine rings is 1. The number of aryl methyl sites for hydroxylation is 1. The van der Waals surface area contributed by atoms with Crippen LogP contribution in [0.25, 0.3) is 0 Å². The van der Waals surface area contributed by atoms with E-state index in [1.54, 1.807) is 28.0 Å². The Morgan fingerprint density at radius 2 is 2.13 bits per heavy atom. The van der Waals surface area contributed by atoms with Crippen LogP contribution in [0.15, 0.2) is 36.7 Å². The number of benzene rings is 1. The Morgan fingerprint density at radius 1 is 1.34 bits per heavy atom. The lowest BCUT2D eigenvalue weighted by Crippen LogP contribution is -2.51. The number of hydrogen-bond donors (Lipinski definition) is 1. The van der Waals surface area contributed by atoms with Crippen molar-refractivity contribution in [3.05, 3.63) is 69.6 Å². The topological polar surface area (TPSA) is 117 Å². The molecule has 3 aromatic rings. The van der Waals surface area contributed by atoms with Crippen molar-refractivity contribution in [2.75, 3.05) is 11.4 Å². The van der Waals surface area contributed by atoms with Gasteiger partial charge in [0.1, 0.15) is 11.5 Å². The van der Waals surface area contributed by atoms with Gasteiger partial charge in [0.25, 0.3) is 5.91 Å². The molecule has 1 unspecified atom stereocenters. The molecule has 3 heterocycles. The summed E-state index contributed by atoms with van der Waals surface area (Å²) >= 11 is 6.01. The Kier molecular flexibility index (Phi) is 5.72. The molecule has 6 rings (SSSR count). The highest BCUT2D eigenvalue weighted by atomic mass is 35.5. The summed E-state index contributed by atoms with van der Waals surface area (Å²) in [7, 11) is 0. The lowest BCUT2D eigenvalue weighted by atomic mass is 9.71. The molecular weight excluding hydrogens is 509 g/mol. The van der Waals surface area contributed by atoms with Crippen LogP contribution in [0.3, 0.4) is 0 Å². The summed E-state index contributed by atoms with van der Waals surface area (Å²) in [5.41, 5.74) is 0.746. The maximum atomic E-state index is 15.5. The van der Waals surface area contributed by atoms with E-state index in [1.165, 1.54) is 12.1 Å².